The number of carbonyl (C=O) groups excluding carboxylic acids is 2. The van der Waals surface area contributed by atoms with E-state index in [-0.39, 0.29) is 29.0 Å². The van der Waals surface area contributed by atoms with Crippen LogP contribution >= 0.6 is 11.6 Å². The summed E-state index contributed by atoms with van der Waals surface area (Å²) in [5.41, 5.74) is 0.908. The van der Waals surface area contributed by atoms with Crippen molar-refractivity contribution >= 4 is 39.2 Å². The summed E-state index contributed by atoms with van der Waals surface area (Å²) in [4.78, 5) is 24.6. The first kappa shape index (κ1) is 25.0. The minimum Gasteiger partial charge on any atom is -0.492 e. The second-order valence-corrected chi connectivity index (χ2v) is 9.86. The highest BCUT2D eigenvalue weighted by atomic mass is 35.5. The van der Waals surface area contributed by atoms with E-state index in [9.17, 15) is 18.0 Å². The molecule has 1 atom stereocenters. The highest BCUT2D eigenvalue weighted by Gasteiger charge is 2.33. The smallest absolute Gasteiger partial charge is 0.338 e. The van der Waals surface area contributed by atoms with Crippen LogP contribution in [-0.2, 0) is 19.6 Å². The molecule has 8 nitrogen and oxygen atoms in total. The number of nitrogens with zero attached hydrogens (tertiary/aromatic N) is 1. The number of hydrogen-bond acceptors (Lipinski definition) is 6. The minimum atomic E-state index is -3.81. The third kappa shape index (κ3) is 6.04. The summed E-state index contributed by atoms with van der Waals surface area (Å²) < 4.78 is 37.9. The van der Waals surface area contributed by atoms with E-state index in [4.69, 9.17) is 21.1 Å². The lowest BCUT2D eigenvalue weighted by atomic mass is 9.98. The lowest BCUT2D eigenvalue weighted by Crippen LogP contribution is -2.43. The topological polar surface area (TPSA) is 102 Å². The average molecular weight is 495 g/mol. The van der Waals surface area contributed by atoms with Gasteiger partial charge in [0.15, 0.2) is 0 Å². The van der Waals surface area contributed by atoms with Crippen molar-refractivity contribution in [3.05, 3.63) is 53.1 Å². The second kappa shape index (κ2) is 11.0. The molecule has 178 valence electrons. The van der Waals surface area contributed by atoms with E-state index in [1.54, 1.807) is 31.2 Å². The lowest BCUT2D eigenvalue weighted by molar-refractivity contribution is -0.120. The fourth-order valence-electron chi connectivity index (χ4n) is 3.59. The van der Waals surface area contributed by atoms with Crippen molar-refractivity contribution in [2.75, 3.05) is 31.6 Å². The maximum absolute atomic E-state index is 13.1. The number of benzene rings is 2. The Labute approximate surface area is 198 Å². The molecule has 33 heavy (non-hydrogen) atoms. The standard InChI is InChI=1S/C23H27ClN2O6S/c1-3-31-21-12-11-19(14-20(21)24)33(29,30)26-13-5-6-17(15-26)22(27)25-18-9-7-16(8-10-18)23(28)32-4-2/h7-12,14,17H,3-6,13,15H2,1-2H3,(H,25,27)/t17-/m0/s1. The lowest BCUT2D eigenvalue weighted by Gasteiger charge is -2.31. The maximum atomic E-state index is 13.1. The van der Waals surface area contributed by atoms with Crippen LogP contribution in [0.2, 0.25) is 5.02 Å². The molecular weight excluding hydrogens is 468 g/mol. The zero-order valence-electron chi connectivity index (χ0n) is 18.5. The molecule has 1 heterocycles. The van der Waals surface area contributed by atoms with Crippen LogP contribution < -0.4 is 10.1 Å². The zero-order valence-corrected chi connectivity index (χ0v) is 20.1. The monoisotopic (exact) mass is 494 g/mol. The summed E-state index contributed by atoms with van der Waals surface area (Å²) >= 11 is 6.17. The molecule has 0 saturated carbocycles. The molecule has 0 radical (unpaired) electrons. The molecule has 1 aliphatic heterocycles. The number of ether oxygens (including phenoxy) is 2. The van der Waals surface area contributed by atoms with Crippen LogP contribution in [0.5, 0.6) is 5.75 Å². The van der Waals surface area contributed by atoms with Gasteiger partial charge in [-0.2, -0.15) is 4.31 Å². The van der Waals surface area contributed by atoms with E-state index in [2.05, 4.69) is 5.32 Å². The summed E-state index contributed by atoms with van der Waals surface area (Å²) in [5, 5.41) is 3.02. The number of hydrogen-bond donors (Lipinski definition) is 1. The first-order valence-corrected chi connectivity index (χ1v) is 12.6. The first-order chi connectivity index (χ1) is 15.8. The quantitative estimate of drug-likeness (QED) is 0.557. The van der Waals surface area contributed by atoms with E-state index < -0.39 is 21.9 Å². The van der Waals surface area contributed by atoms with Crippen molar-refractivity contribution in [2.45, 2.75) is 31.6 Å². The van der Waals surface area contributed by atoms with E-state index in [0.29, 0.717) is 43.0 Å². The Kier molecular flexibility index (Phi) is 8.34. The van der Waals surface area contributed by atoms with Gasteiger partial charge in [0, 0.05) is 18.8 Å². The van der Waals surface area contributed by atoms with Crippen molar-refractivity contribution in [1.82, 2.24) is 4.31 Å². The van der Waals surface area contributed by atoms with Crippen LogP contribution in [0.4, 0.5) is 5.69 Å². The second-order valence-electron chi connectivity index (χ2n) is 7.51. The number of rotatable bonds is 8. The third-order valence-corrected chi connectivity index (χ3v) is 7.42. The molecule has 0 aliphatic carbocycles. The summed E-state index contributed by atoms with van der Waals surface area (Å²) in [6.07, 6.45) is 1.13. The van der Waals surface area contributed by atoms with Crippen LogP contribution in [0.3, 0.4) is 0 Å². The van der Waals surface area contributed by atoms with Gasteiger partial charge < -0.3 is 14.8 Å². The molecule has 1 N–H and O–H groups in total. The van der Waals surface area contributed by atoms with Gasteiger partial charge in [0.25, 0.3) is 0 Å². The predicted octanol–water partition coefficient (Wildman–Crippen LogP) is 3.95. The summed E-state index contributed by atoms with van der Waals surface area (Å²) in [6.45, 7) is 4.63. The molecule has 1 aliphatic rings. The number of carbonyl (C=O) groups is 2. The van der Waals surface area contributed by atoms with Crippen molar-refractivity contribution in [2.24, 2.45) is 5.92 Å². The largest absolute Gasteiger partial charge is 0.492 e. The van der Waals surface area contributed by atoms with Crippen LogP contribution in [0.15, 0.2) is 47.4 Å². The first-order valence-electron chi connectivity index (χ1n) is 10.8. The summed E-state index contributed by atoms with van der Waals surface area (Å²) in [6, 6.07) is 10.7. The molecule has 2 aromatic carbocycles. The third-order valence-electron chi connectivity index (χ3n) is 5.26. The minimum absolute atomic E-state index is 0.0616. The van der Waals surface area contributed by atoms with Gasteiger partial charge in [-0.25, -0.2) is 13.2 Å². The van der Waals surface area contributed by atoms with Gasteiger partial charge in [-0.15, -0.1) is 0 Å². The molecule has 0 unspecified atom stereocenters. The molecule has 1 saturated heterocycles. The Morgan fingerprint density at radius 2 is 1.85 bits per heavy atom. The Morgan fingerprint density at radius 1 is 1.12 bits per heavy atom. The van der Waals surface area contributed by atoms with Gasteiger partial charge in [0.05, 0.1) is 34.6 Å². The predicted molar refractivity (Wildman–Crippen MR) is 125 cm³/mol. The molecule has 3 rings (SSSR count). The number of halogens is 1. The maximum Gasteiger partial charge on any atom is 0.338 e. The van der Waals surface area contributed by atoms with Crippen molar-refractivity contribution < 1.29 is 27.5 Å². The van der Waals surface area contributed by atoms with E-state index in [1.165, 1.54) is 22.5 Å². The molecule has 2 aromatic rings. The fourth-order valence-corrected chi connectivity index (χ4v) is 5.44. The molecule has 1 amide bonds. The molecule has 10 heteroatoms. The summed E-state index contributed by atoms with van der Waals surface area (Å²) in [5.74, 6) is -0.791. The number of anilines is 1. The Balaban J connectivity index is 1.67. The summed E-state index contributed by atoms with van der Waals surface area (Å²) in [7, 11) is -3.81. The van der Waals surface area contributed by atoms with E-state index >= 15 is 0 Å². The zero-order chi connectivity index (χ0) is 24.0. The highest BCUT2D eigenvalue weighted by Crippen LogP contribution is 2.30. The SMILES string of the molecule is CCOC(=O)c1ccc(NC(=O)[C@H]2CCCN(S(=O)(=O)c3ccc(OCC)c(Cl)c3)C2)cc1. The number of sulfonamides is 1. The van der Waals surface area contributed by atoms with Gasteiger partial charge in [-0.3, -0.25) is 4.79 Å². The number of esters is 1. The van der Waals surface area contributed by atoms with Crippen LogP contribution in [0, 0.1) is 5.92 Å². The van der Waals surface area contributed by atoms with Crippen molar-refractivity contribution in [3.63, 3.8) is 0 Å². The van der Waals surface area contributed by atoms with Crippen molar-refractivity contribution in [3.8, 4) is 5.75 Å². The molecule has 0 aromatic heterocycles. The van der Waals surface area contributed by atoms with Crippen molar-refractivity contribution in [1.29, 1.82) is 0 Å². The Hall–Kier alpha value is -2.62. The van der Waals surface area contributed by atoms with E-state index in [0.717, 1.165) is 0 Å². The van der Waals surface area contributed by atoms with Gasteiger partial charge in [0.2, 0.25) is 15.9 Å². The fraction of sp³-hybridized carbons (Fsp3) is 0.391. The normalized spacial score (nSPS) is 16.8. The van der Waals surface area contributed by atoms with Gasteiger partial charge in [-0.05, 0) is 69.2 Å². The molecule has 0 bridgehead atoms. The highest BCUT2D eigenvalue weighted by molar-refractivity contribution is 7.89. The number of nitrogens with one attached hydrogen (secondary N) is 1. The van der Waals surface area contributed by atoms with Crippen LogP contribution in [-0.4, -0.2) is 50.9 Å². The molecule has 0 spiro atoms. The Bertz CT molecular complexity index is 1100. The number of piperidine rings is 1. The average Bonchev–Trinajstić information content (AvgIpc) is 2.81. The van der Waals surface area contributed by atoms with Gasteiger partial charge in [-0.1, -0.05) is 11.6 Å². The Morgan fingerprint density at radius 3 is 2.48 bits per heavy atom. The van der Waals surface area contributed by atoms with Gasteiger partial charge >= 0.3 is 5.97 Å². The van der Waals surface area contributed by atoms with Crippen LogP contribution in [0.25, 0.3) is 0 Å². The molecule has 1 fully saturated rings. The molecular formula is C23H27ClN2O6S. The number of amides is 1. The van der Waals surface area contributed by atoms with E-state index in [1.807, 2.05) is 6.92 Å². The van der Waals surface area contributed by atoms with Gasteiger partial charge in [0.1, 0.15) is 5.75 Å². The van der Waals surface area contributed by atoms with Crippen LogP contribution in [0.1, 0.15) is 37.0 Å².